The summed E-state index contributed by atoms with van der Waals surface area (Å²) in [7, 11) is 3.38. The molecule has 0 aromatic carbocycles. The van der Waals surface area contributed by atoms with Crippen molar-refractivity contribution < 1.29 is 9.53 Å². The first kappa shape index (κ1) is 12.4. The number of hydrogen-bond donors (Lipinski definition) is 1. The average molecular weight is 188 g/mol. The van der Waals surface area contributed by atoms with Crippen LogP contribution in [0.5, 0.6) is 0 Å². The van der Waals surface area contributed by atoms with Gasteiger partial charge in [0.25, 0.3) is 0 Å². The summed E-state index contributed by atoms with van der Waals surface area (Å²) in [6.07, 6.45) is 1.29. The minimum absolute atomic E-state index is 0.113. The van der Waals surface area contributed by atoms with Gasteiger partial charge < -0.3 is 15.4 Å². The zero-order valence-corrected chi connectivity index (χ0v) is 8.75. The number of rotatable bonds is 6. The average Bonchev–Trinajstić information content (AvgIpc) is 2.10. The van der Waals surface area contributed by atoms with Gasteiger partial charge in [0.15, 0.2) is 0 Å². The molecule has 0 fully saturated rings. The molecule has 0 saturated heterocycles. The monoisotopic (exact) mass is 188 g/mol. The minimum Gasteiger partial charge on any atom is -0.384 e. The Morgan fingerprint density at radius 1 is 1.62 bits per heavy atom. The van der Waals surface area contributed by atoms with Gasteiger partial charge in [0.2, 0.25) is 5.91 Å². The molecular formula is C9H20N2O2. The fourth-order valence-corrected chi connectivity index (χ4v) is 0.902. The molecule has 1 amide bonds. The van der Waals surface area contributed by atoms with Gasteiger partial charge in [-0.05, 0) is 13.3 Å². The molecule has 0 aliphatic heterocycles. The molecule has 4 heteroatoms. The molecule has 2 N–H and O–H groups in total. The number of carbonyl (C=O) groups excluding carboxylic acids is 1. The molecule has 78 valence electrons. The summed E-state index contributed by atoms with van der Waals surface area (Å²) in [6, 6.07) is 0.151. The second-order valence-corrected chi connectivity index (χ2v) is 3.32. The maximum atomic E-state index is 11.3. The predicted molar refractivity (Wildman–Crippen MR) is 52.4 cm³/mol. The van der Waals surface area contributed by atoms with Crippen LogP contribution in [0, 0.1) is 0 Å². The third-order valence-electron chi connectivity index (χ3n) is 1.87. The van der Waals surface area contributed by atoms with Crippen molar-refractivity contribution in [2.24, 2.45) is 5.73 Å². The molecular weight excluding hydrogens is 168 g/mol. The first-order chi connectivity index (χ1) is 6.07. The Morgan fingerprint density at radius 2 is 2.23 bits per heavy atom. The summed E-state index contributed by atoms with van der Waals surface area (Å²) in [5.74, 6) is 0.113. The highest BCUT2D eigenvalue weighted by Gasteiger charge is 2.08. The quantitative estimate of drug-likeness (QED) is 0.648. The molecule has 4 nitrogen and oxygen atoms in total. The van der Waals surface area contributed by atoms with E-state index < -0.39 is 0 Å². The van der Waals surface area contributed by atoms with Crippen LogP contribution in [0.4, 0.5) is 0 Å². The Bertz CT molecular complexity index is 149. The molecule has 0 aromatic rings. The standard InChI is InChI=1S/C9H20N2O2/c1-8(10)4-6-11(2)9(12)5-7-13-3/h8H,4-7,10H2,1-3H3. The van der Waals surface area contributed by atoms with E-state index in [4.69, 9.17) is 10.5 Å². The van der Waals surface area contributed by atoms with Crippen LogP contribution in [0.25, 0.3) is 0 Å². The number of carbonyl (C=O) groups is 1. The molecule has 0 bridgehead atoms. The molecule has 0 rings (SSSR count). The second kappa shape index (κ2) is 6.86. The Morgan fingerprint density at radius 3 is 2.69 bits per heavy atom. The molecule has 1 atom stereocenters. The van der Waals surface area contributed by atoms with E-state index in [0.29, 0.717) is 13.0 Å². The van der Waals surface area contributed by atoms with Crippen molar-refractivity contribution >= 4 is 5.91 Å². The van der Waals surface area contributed by atoms with Crippen LogP contribution in [0.2, 0.25) is 0 Å². The van der Waals surface area contributed by atoms with Gasteiger partial charge in [-0.25, -0.2) is 0 Å². The number of hydrogen-bond acceptors (Lipinski definition) is 3. The summed E-state index contributed by atoms with van der Waals surface area (Å²) in [4.78, 5) is 13.0. The predicted octanol–water partition coefficient (Wildman–Crippen LogP) is 0.219. The topological polar surface area (TPSA) is 55.6 Å². The molecule has 13 heavy (non-hydrogen) atoms. The van der Waals surface area contributed by atoms with Crippen molar-refractivity contribution in [3.05, 3.63) is 0 Å². The Balaban J connectivity index is 3.57. The fraction of sp³-hybridized carbons (Fsp3) is 0.889. The van der Waals surface area contributed by atoms with E-state index in [0.717, 1.165) is 13.0 Å². The smallest absolute Gasteiger partial charge is 0.224 e. The van der Waals surface area contributed by atoms with Crippen molar-refractivity contribution in [2.45, 2.75) is 25.8 Å². The van der Waals surface area contributed by atoms with Gasteiger partial charge in [0.05, 0.1) is 13.0 Å². The minimum atomic E-state index is 0.113. The van der Waals surface area contributed by atoms with E-state index in [9.17, 15) is 4.79 Å². The number of amides is 1. The van der Waals surface area contributed by atoms with Crippen LogP contribution in [-0.2, 0) is 9.53 Å². The lowest BCUT2D eigenvalue weighted by atomic mass is 10.2. The van der Waals surface area contributed by atoms with E-state index >= 15 is 0 Å². The van der Waals surface area contributed by atoms with Gasteiger partial charge in [-0.2, -0.15) is 0 Å². The van der Waals surface area contributed by atoms with E-state index in [-0.39, 0.29) is 11.9 Å². The third-order valence-corrected chi connectivity index (χ3v) is 1.87. The summed E-state index contributed by atoms with van der Waals surface area (Å²) < 4.78 is 4.82. The molecule has 0 aliphatic carbocycles. The lowest BCUT2D eigenvalue weighted by Gasteiger charge is -2.17. The molecule has 1 unspecified atom stereocenters. The molecule has 0 aromatic heterocycles. The van der Waals surface area contributed by atoms with E-state index in [2.05, 4.69) is 0 Å². The van der Waals surface area contributed by atoms with Crippen LogP contribution < -0.4 is 5.73 Å². The molecule has 0 aliphatic rings. The van der Waals surface area contributed by atoms with Gasteiger partial charge in [-0.1, -0.05) is 0 Å². The van der Waals surface area contributed by atoms with Gasteiger partial charge in [-0.15, -0.1) is 0 Å². The maximum absolute atomic E-state index is 11.3. The van der Waals surface area contributed by atoms with Crippen LogP contribution in [0.3, 0.4) is 0 Å². The summed E-state index contributed by atoms with van der Waals surface area (Å²) in [5, 5.41) is 0. The zero-order chi connectivity index (χ0) is 10.3. The second-order valence-electron chi connectivity index (χ2n) is 3.32. The normalized spacial score (nSPS) is 12.6. The van der Waals surface area contributed by atoms with Crippen LogP contribution in [-0.4, -0.2) is 44.2 Å². The van der Waals surface area contributed by atoms with Crippen molar-refractivity contribution in [1.29, 1.82) is 0 Å². The van der Waals surface area contributed by atoms with Gasteiger partial charge in [0.1, 0.15) is 0 Å². The lowest BCUT2D eigenvalue weighted by Crippen LogP contribution is -2.31. The first-order valence-electron chi connectivity index (χ1n) is 4.56. The van der Waals surface area contributed by atoms with Crippen molar-refractivity contribution in [2.75, 3.05) is 27.3 Å². The van der Waals surface area contributed by atoms with E-state index in [1.807, 2.05) is 6.92 Å². The number of nitrogens with zero attached hydrogens (tertiary/aromatic N) is 1. The number of methoxy groups -OCH3 is 1. The van der Waals surface area contributed by atoms with Gasteiger partial charge in [-0.3, -0.25) is 4.79 Å². The first-order valence-corrected chi connectivity index (χ1v) is 4.56. The highest BCUT2D eigenvalue weighted by atomic mass is 16.5. The summed E-state index contributed by atoms with van der Waals surface area (Å²) in [6.45, 7) is 3.15. The van der Waals surface area contributed by atoms with Crippen LogP contribution in [0.15, 0.2) is 0 Å². The molecule has 0 radical (unpaired) electrons. The van der Waals surface area contributed by atoms with Crippen molar-refractivity contribution in [3.8, 4) is 0 Å². The maximum Gasteiger partial charge on any atom is 0.224 e. The van der Waals surface area contributed by atoms with E-state index in [1.165, 1.54) is 0 Å². The fourth-order valence-electron chi connectivity index (χ4n) is 0.902. The van der Waals surface area contributed by atoms with E-state index in [1.54, 1.807) is 19.1 Å². The molecule has 0 heterocycles. The Hall–Kier alpha value is -0.610. The summed E-state index contributed by atoms with van der Waals surface area (Å²) >= 11 is 0. The number of ether oxygens (including phenoxy) is 1. The number of nitrogens with two attached hydrogens (primary N) is 1. The van der Waals surface area contributed by atoms with Gasteiger partial charge in [0, 0.05) is 26.7 Å². The van der Waals surface area contributed by atoms with Crippen molar-refractivity contribution in [3.63, 3.8) is 0 Å². The highest BCUT2D eigenvalue weighted by molar-refractivity contribution is 5.75. The summed E-state index contributed by atoms with van der Waals surface area (Å²) in [5.41, 5.74) is 5.58. The zero-order valence-electron chi connectivity index (χ0n) is 8.75. The van der Waals surface area contributed by atoms with Crippen LogP contribution >= 0.6 is 0 Å². The van der Waals surface area contributed by atoms with Crippen molar-refractivity contribution in [1.82, 2.24) is 4.90 Å². The molecule has 0 spiro atoms. The molecule has 0 saturated carbocycles. The van der Waals surface area contributed by atoms with Crippen LogP contribution in [0.1, 0.15) is 19.8 Å². The highest BCUT2D eigenvalue weighted by Crippen LogP contribution is 1.95. The Kier molecular flexibility index (Phi) is 6.54. The largest absolute Gasteiger partial charge is 0.384 e. The third kappa shape index (κ3) is 6.54. The lowest BCUT2D eigenvalue weighted by molar-refractivity contribution is -0.130. The van der Waals surface area contributed by atoms with Gasteiger partial charge >= 0.3 is 0 Å². The Labute approximate surface area is 80.0 Å². The SMILES string of the molecule is COCCC(=O)N(C)CCC(C)N.